The molecule has 188 valence electrons. The monoisotopic (exact) mass is 508 g/mol. The first-order valence-electron chi connectivity index (χ1n) is 11.8. The van der Waals surface area contributed by atoms with Gasteiger partial charge in [0.05, 0.1) is 11.3 Å². The summed E-state index contributed by atoms with van der Waals surface area (Å²) in [4.78, 5) is 49.4. The number of amides is 3. The Morgan fingerprint density at radius 3 is 2.94 bits per heavy atom. The first-order valence-corrected chi connectivity index (χ1v) is 13.0. The van der Waals surface area contributed by atoms with Crippen molar-refractivity contribution in [1.29, 1.82) is 5.26 Å². The fourth-order valence-corrected chi connectivity index (χ4v) is 5.22. The molecule has 1 fully saturated rings. The molecule has 2 aliphatic rings. The van der Waals surface area contributed by atoms with Crippen LogP contribution >= 0.6 is 11.8 Å². The summed E-state index contributed by atoms with van der Waals surface area (Å²) in [7, 11) is 1.62. The quantitative estimate of drug-likeness (QED) is 0.426. The zero-order chi connectivity index (χ0) is 25.5. The second kappa shape index (κ2) is 12.0. The van der Waals surface area contributed by atoms with Crippen LogP contribution in [-0.4, -0.2) is 71.4 Å². The summed E-state index contributed by atoms with van der Waals surface area (Å²) in [6.07, 6.45) is 4.96. The zero-order valence-corrected chi connectivity index (χ0v) is 21.0. The zero-order valence-electron chi connectivity index (χ0n) is 20.2. The smallest absolute Gasteiger partial charge is 0.328 e. The van der Waals surface area contributed by atoms with E-state index in [1.165, 1.54) is 11.1 Å². The first-order chi connectivity index (χ1) is 17.5. The molecule has 0 bridgehead atoms. The van der Waals surface area contributed by atoms with Crippen LogP contribution in [0.5, 0.6) is 0 Å². The Morgan fingerprint density at radius 2 is 2.19 bits per heavy atom. The molecule has 10 nitrogen and oxygen atoms in total. The molecule has 0 atom stereocenters. The van der Waals surface area contributed by atoms with Crippen LogP contribution in [0.15, 0.2) is 18.3 Å². The third-order valence-electron chi connectivity index (χ3n) is 6.22. The van der Waals surface area contributed by atoms with E-state index in [0.717, 1.165) is 36.1 Å². The van der Waals surface area contributed by atoms with Gasteiger partial charge in [0.1, 0.15) is 23.4 Å². The maximum atomic E-state index is 13.2. The van der Waals surface area contributed by atoms with E-state index in [9.17, 15) is 19.6 Å². The highest BCUT2D eigenvalue weighted by atomic mass is 32.2. The molecular formula is C25H28N6O4S. The lowest BCUT2D eigenvalue weighted by Gasteiger charge is -2.30. The normalized spacial score (nSPS) is 15.3. The van der Waals surface area contributed by atoms with Gasteiger partial charge in [0.2, 0.25) is 5.91 Å². The molecule has 2 aliphatic heterocycles. The molecule has 0 unspecified atom stereocenters. The lowest BCUT2D eigenvalue weighted by molar-refractivity contribution is -0.129. The third kappa shape index (κ3) is 5.83. The van der Waals surface area contributed by atoms with Gasteiger partial charge in [-0.3, -0.25) is 19.8 Å². The number of nitrogens with zero attached hydrogens (tertiary/aromatic N) is 5. The molecule has 4 heterocycles. The molecule has 0 saturated carbocycles. The van der Waals surface area contributed by atoms with Gasteiger partial charge in [0.15, 0.2) is 6.29 Å². The molecule has 2 aromatic heterocycles. The van der Waals surface area contributed by atoms with Crippen molar-refractivity contribution in [1.82, 2.24) is 14.9 Å². The van der Waals surface area contributed by atoms with Crippen molar-refractivity contribution < 1.29 is 19.1 Å². The molecule has 11 heteroatoms. The Kier molecular flexibility index (Phi) is 8.51. The number of aromatic nitrogens is 2. The Labute approximate surface area is 214 Å². The van der Waals surface area contributed by atoms with Crippen molar-refractivity contribution in [2.24, 2.45) is 0 Å². The number of carbonyl (C=O) groups excluding carboxylic acids is 3. The minimum absolute atomic E-state index is 0.0540. The van der Waals surface area contributed by atoms with Crippen LogP contribution in [0.3, 0.4) is 0 Å². The van der Waals surface area contributed by atoms with E-state index in [4.69, 9.17) is 4.74 Å². The van der Waals surface area contributed by atoms with Crippen LogP contribution in [-0.2, 0) is 28.9 Å². The average molecular weight is 509 g/mol. The SMILES string of the molecule is COCCCc1cc(NC(=O)N2CCCc3cc(CN4CCSCC4=O)c(C=O)nc32)ncc1C#N. The molecular weight excluding hydrogens is 480 g/mol. The summed E-state index contributed by atoms with van der Waals surface area (Å²) in [5.41, 5.74) is 3.04. The summed E-state index contributed by atoms with van der Waals surface area (Å²) in [6.45, 7) is 1.98. The van der Waals surface area contributed by atoms with Crippen molar-refractivity contribution in [3.05, 3.63) is 46.3 Å². The Bertz CT molecular complexity index is 1200. The summed E-state index contributed by atoms with van der Waals surface area (Å²) in [5, 5.41) is 12.2. The second-order valence-electron chi connectivity index (χ2n) is 8.62. The number of thioether (sulfide) groups is 1. The summed E-state index contributed by atoms with van der Waals surface area (Å²) in [5.74, 6) is 2.15. The molecule has 0 radical (unpaired) electrons. The van der Waals surface area contributed by atoms with Gasteiger partial charge in [-0.05, 0) is 48.9 Å². The minimum atomic E-state index is -0.406. The van der Waals surface area contributed by atoms with Crippen molar-refractivity contribution in [2.75, 3.05) is 48.5 Å². The highest BCUT2D eigenvalue weighted by Crippen LogP contribution is 2.29. The van der Waals surface area contributed by atoms with Gasteiger partial charge in [-0.1, -0.05) is 0 Å². The van der Waals surface area contributed by atoms with Crippen LogP contribution in [0.2, 0.25) is 0 Å². The topological polar surface area (TPSA) is 129 Å². The third-order valence-corrected chi connectivity index (χ3v) is 7.14. The van der Waals surface area contributed by atoms with Crippen LogP contribution in [0, 0.1) is 11.3 Å². The number of rotatable bonds is 8. The van der Waals surface area contributed by atoms with Gasteiger partial charge >= 0.3 is 6.03 Å². The van der Waals surface area contributed by atoms with Gasteiger partial charge in [-0.2, -0.15) is 17.0 Å². The second-order valence-corrected chi connectivity index (χ2v) is 9.73. The van der Waals surface area contributed by atoms with Crippen LogP contribution < -0.4 is 10.2 Å². The van der Waals surface area contributed by atoms with Gasteiger partial charge in [0, 0.05) is 50.9 Å². The molecule has 4 rings (SSSR count). The number of urea groups is 1. The number of hydrogen-bond donors (Lipinski definition) is 1. The number of carbonyl (C=O) groups is 3. The van der Waals surface area contributed by atoms with E-state index in [0.29, 0.717) is 67.5 Å². The molecule has 0 spiro atoms. The highest BCUT2D eigenvalue weighted by Gasteiger charge is 2.27. The first kappa shape index (κ1) is 25.6. The number of anilines is 2. The molecule has 3 amide bonds. The maximum Gasteiger partial charge on any atom is 0.328 e. The van der Waals surface area contributed by atoms with Crippen molar-refractivity contribution in [3.8, 4) is 6.07 Å². The summed E-state index contributed by atoms with van der Waals surface area (Å²) < 4.78 is 5.09. The van der Waals surface area contributed by atoms with Gasteiger partial charge < -0.3 is 9.64 Å². The lowest BCUT2D eigenvalue weighted by atomic mass is 10.0. The minimum Gasteiger partial charge on any atom is -0.385 e. The van der Waals surface area contributed by atoms with E-state index < -0.39 is 6.03 Å². The van der Waals surface area contributed by atoms with E-state index in [2.05, 4.69) is 21.4 Å². The fraction of sp³-hybridized carbons (Fsp3) is 0.440. The molecule has 0 aromatic carbocycles. The number of methoxy groups -OCH3 is 1. The number of fused-ring (bicyclic) bond motifs is 1. The number of hydrogen-bond acceptors (Lipinski definition) is 8. The fourth-order valence-electron chi connectivity index (χ4n) is 4.36. The Balaban J connectivity index is 1.54. The van der Waals surface area contributed by atoms with Crippen LogP contribution in [0.25, 0.3) is 0 Å². The van der Waals surface area contributed by atoms with E-state index in [1.54, 1.807) is 29.8 Å². The number of ether oxygens (including phenoxy) is 1. The van der Waals surface area contributed by atoms with E-state index in [-0.39, 0.29) is 11.6 Å². The standard InChI is InChI=1S/C25H28N6O4S/c1-35-8-3-5-17-11-22(27-13-20(17)12-26)29-25(34)31-6-2-4-18-10-19(21(15-32)28-24(18)31)14-30-7-9-36-16-23(30)33/h10-11,13,15H,2-9,14,16H2,1H3,(H,27,29,34). The predicted octanol–water partition coefficient (Wildman–Crippen LogP) is 2.80. The largest absolute Gasteiger partial charge is 0.385 e. The number of aldehydes is 1. The number of nitrogens with one attached hydrogen (secondary N) is 1. The van der Waals surface area contributed by atoms with Crippen molar-refractivity contribution in [2.45, 2.75) is 32.2 Å². The highest BCUT2D eigenvalue weighted by molar-refractivity contribution is 8.00. The molecule has 1 saturated heterocycles. The summed E-state index contributed by atoms with van der Waals surface area (Å²) in [6, 6.07) is 5.33. The molecule has 0 aliphatic carbocycles. The Hall–Kier alpha value is -3.49. The number of aryl methyl sites for hydroxylation is 2. The van der Waals surface area contributed by atoms with Crippen molar-refractivity contribution >= 4 is 41.6 Å². The predicted molar refractivity (Wildman–Crippen MR) is 136 cm³/mol. The van der Waals surface area contributed by atoms with Crippen molar-refractivity contribution in [3.63, 3.8) is 0 Å². The number of nitriles is 1. The van der Waals surface area contributed by atoms with E-state index in [1.807, 2.05) is 6.07 Å². The number of pyridine rings is 2. The average Bonchev–Trinajstić information content (AvgIpc) is 2.89. The van der Waals surface area contributed by atoms with Crippen LogP contribution in [0.1, 0.15) is 45.6 Å². The van der Waals surface area contributed by atoms with Gasteiger partial charge in [0.25, 0.3) is 0 Å². The van der Waals surface area contributed by atoms with Gasteiger partial charge in [-0.25, -0.2) is 14.8 Å². The van der Waals surface area contributed by atoms with E-state index >= 15 is 0 Å². The van der Waals surface area contributed by atoms with Gasteiger partial charge in [-0.15, -0.1) is 0 Å². The molecule has 36 heavy (non-hydrogen) atoms. The maximum absolute atomic E-state index is 13.2. The lowest BCUT2D eigenvalue weighted by Crippen LogP contribution is -2.40. The molecule has 1 N–H and O–H groups in total. The Morgan fingerprint density at radius 1 is 1.33 bits per heavy atom. The summed E-state index contributed by atoms with van der Waals surface area (Å²) >= 11 is 1.61. The van der Waals surface area contributed by atoms with Crippen LogP contribution in [0.4, 0.5) is 16.4 Å². The molecule has 2 aromatic rings.